The third-order valence-electron chi connectivity index (χ3n) is 2.75. The summed E-state index contributed by atoms with van der Waals surface area (Å²) >= 11 is 0. The SMILES string of the molecule is CCc1occc1C(N)c1c(F)cccc1F. The van der Waals surface area contributed by atoms with E-state index in [0.29, 0.717) is 17.7 Å². The Morgan fingerprint density at radius 3 is 2.47 bits per heavy atom. The van der Waals surface area contributed by atoms with Gasteiger partial charge in [-0.25, -0.2) is 8.78 Å². The van der Waals surface area contributed by atoms with Crippen LogP contribution in [0.3, 0.4) is 0 Å². The molecule has 2 aromatic rings. The second-order valence-electron chi connectivity index (χ2n) is 3.77. The van der Waals surface area contributed by atoms with E-state index in [1.54, 1.807) is 6.07 Å². The summed E-state index contributed by atoms with van der Waals surface area (Å²) < 4.78 is 32.4. The molecule has 4 heteroatoms. The number of hydrogen-bond donors (Lipinski definition) is 1. The summed E-state index contributed by atoms with van der Waals surface area (Å²) in [6.45, 7) is 1.90. The van der Waals surface area contributed by atoms with E-state index in [4.69, 9.17) is 10.2 Å². The fourth-order valence-electron chi connectivity index (χ4n) is 1.88. The van der Waals surface area contributed by atoms with E-state index in [1.807, 2.05) is 6.92 Å². The number of nitrogens with two attached hydrogens (primary N) is 1. The van der Waals surface area contributed by atoms with Crippen LogP contribution in [0, 0.1) is 11.6 Å². The topological polar surface area (TPSA) is 39.2 Å². The van der Waals surface area contributed by atoms with Gasteiger partial charge in [-0.15, -0.1) is 0 Å². The number of rotatable bonds is 3. The molecular formula is C13H13F2NO. The van der Waals surface area contributed by atoms with E-state index < -0.39 is 17.7 Å². The Bertz CT molecular complexity index is 502. The van der Waals surface area contributed by atoms with Gasteiger partial charge in [-0.2, -0.15) is 0 Å². The normalized spacial score (nSPS) is 12.7. The lowest BCUT2D eigenvalue weighted by atomic mass is 9.98. The maximum absolute atomic E-state index is 13.6. The first-order valence-corrected chi connectivity index (χ1v) is 5.41. The molecule has 1 unspecified atom stereocenters. The summed E-state index contributed by atoms with van der Waals surface area (Å²) in [5.41, 5.74) is 6.40. The first kappa shape index (κ1) is 11.8. The molecule has 0 saturated heterocycles. The van der Waals surface area contributed by atoms with Gasteiger partial charge in [0.05, 0.1) is 12.3 Å². The van der Waals surface area contributed by atoms with Crippen LogP contribution in [-0.4, -0.2) is 0 Å². The minimum absolute atomic E-state index is 0.122. The van der Waals surface area contributed by atoms with Gasteiger partial charge in [0.2, 0.25) is 0 Å². The van der Waals surface area contributed by atoms with E-state index in [2.05, 4.69) is 0 Å². The average molecular weight is 237 g/mol. The van der Waals surface area contributed by atoms with Gasteiger partial charge >= 0.3 is 0 Å². The van der Waals surface area contributed by atoms with Gasteiger partial charge in [-0.05, 0) is 18.2 Å². The van der Waals surface area contributed by atoms with Crippen molar-refractivity contribution in [3.05, 3.63) is 59.1 Å². The summed E-state index contributed by atoms with van der Waals surface area (Å²) in [6.07, 6.45) is 2.11. The zero-order valence-corrected chi connectivity index (χ0v) is 9.41. The molecule has 0 aliphatic heterocycles. The fourth-order valence-corrected chi connectivity index (χ4v) is 1.88. The van der Waals surface area contributed by atoms with Crippen molar-refractivity contribution < 1.29 is 13.2 Å². The van der Waals surface area contributed by atoms with Crippen molar-refractivity contribution in [2.24, 2.45) is 5.73 Å². The molecule has 0 aliphatic carbocycles. The molecule has 1 aromatic heterocycles. The second kappa shape index (κ2) is 4.67. The molecule has 1 atom stereocenters. The molecule has 90 valence electrons. The minimum Gasteiger partial charge on any atom is -0.469 e. The van der Waals surface area contributed by atoms with Crippen molar-refractivity contribution in [1.82, 2.24) is 0 Å². The van der Waals surface area contributed by atoms with Crippen molar-refractivity contribution in [1.29, 1.82) is 0 Å². The van der Waals surface area contributed by atoms with Crippen LogP contribution in [0.25, 0.3) is 0 Å². The Kier molecular flexibility index (Phi) is 3.24. The third kappa shape index (κ3) is 2.08. The molecule has 2 N–H and O–H groups in total. The summed E-state index contributed by atoms with van der Waals surface area (Å²) in [5, 5.41) is 0. The molecule has 2 rings (SSSR count). The second-order valence-corrected chi connectivity index (χ2v) is 3.77. The Morgan fingerprint density at radius 2 is 1.88 bits per heavy atom. The lowest BCUT2D eigenvalue weighted by Crippen LogP contribution is -2.16. The highest BCUT2D eigenvalue weighted by molar-refractivity contribution is 5.34. The quantitative estimate of drug-likeness (QED) is 0.890. The van der Waals surface area contributed by atoms with E-state index >= 15 is 0 Å². The van der Waals surface area contributed by atoms with E-state index in [0.717, 1.165) is 0 Å². The van der Waals surface area contributed by atoms with Crippen LogP contribution in [0.5, 0.6) is 0 Å². The number of aryl methyl sites for hydroxylation is 1. The van der Waals surface area contributed by atoms with Gasteiger partial charge in [0.25, 0.3) is 0 Å². The molecule has 1 aromatic carbocycles. The van der Waals surface area contributed by atoms with Crippen molar-refractivity contribution >= 4 is 0 Å². The summed E-state index contributed by atoms with van der Waals surface area (Å²) in [4.78, 5) is 0. The van der Waals surface area contributed by atoms with Crippen LogP contribution in [0.15, 0.2) is 34.9 Å². The number of furan rings is 1. The third-order valence-corrected chi connectivity index (χ3v) is 2.75. The molecule has 0 aliphatic rings. The van der Waals surface area contributed by atoms with Gasteiger partial charge in [0.1, 0.15) is 17.4 Å². The molecule has 0 saturated carbocycles. The Hall–Kier alpha value is -1.68. The average Bonchev–Trinajstić information content (AvgIpc) is 2.76. The molecule has 0 amide bonds. The van der Waals surface area contributed by atoms with Crippen molar-refractivity contribution in [2.45, 2.75) is 19.4 Å². The number of benzene rings is 1. The van der Waals surface area contributed by atoms with Gasteiger partial charge in [0.15, 0.2) is 0 Å². The zero-order chi connectivity index (χ0) is 12.4. The maximum Gasteiger partial charge on any atom is 0.131 e. The van der Waals surface area contributed by atoms with Crippen molar-refractivity contribution in [3.8, 4) is 0 Å². The molecule has 0 fully saturated rings. The molecule has 1 heterocycles. The van der Waals surface area contributed by atoms with E-state index in [1.165, 1.54) is 24.5 Å². The van der Waals surface area contributed by atoms with Gasteiger partial charge in [-0.3, -0.25) is 0 Å². The smallest absolute Gasteiger partial charge is 0.131 e. The highest BCUT2D eigenvalue weighted by Crippen LogP contribution is 2.27. The van der Waals surface area contributed by atoms with E-state index in [9.17, 15) is 8.78 Å². The first-order valence-electron chi connectivity index (χ1n) is 5.41. The maximum atomic E-state index is 13.6. The lowest BCUT2D eigenvalue weighted by molar-refractivity contribution is 0.503. The van der Waals surface area contributed by atoms with Gasteiger partial charge in [-0.1, -0.05) is 13.0 Å². The van der Waals surface area contributed by atoms with Crippen LogP contribution in [0.1, 0.15) is 29.9 Å². The number of hydrogen-bond acceptors (Lipinski definition) is 2. The molecule has 17 heavy (non-hydrogen) atoms. The van der Waals surface area contributed by atoms with Crippen LogP contribution in [0.2, 0.25) is 0 Å². The standard InChI is InChI=1S/C13H13F2NO/c1-2-11-8(6-7-17-11)13(16)12-9(14)4-3-5-10(12)15/h3-7,13H,2,16H2,1H3. The van der Waals surface area contributed by atoms with Crippen LogP contribution >= 0.6 is 0 Å². The van der Waals surface area contributed by atoms with E-state index in [-0.39, 0.29) is 5.56 Å². The predicted molar refractivity (Wildman–Crippen MR) is 60.5 cm³/mol. The predicted octanol–water partition coefficient (Wildman–Crippen LogP) is 3.17. The van der Waals surface area contributed by atoms with Crippen LogP contribution in [0.4, 0.5) is 8.78 Å². The molecule has 0 radical (unpaired) electrons. The summed E-state index contributed by atoms with van der Waals surface area (Å²) in [5.74, 6) is -0.623. The summed E-state index contributed by atoms with van der Waals surface area (Å²) in [6, 6.07) is 4.52. The summed E-state index contributed by atoms with van der Waals surface area (Å²) in [7, 11) is 0. The molecule has 2 nitrogen and oxygen atoms in total. The van der Waals surface area contributed by atoms with Crippen LogP contribution < -0.4 is 5.73 Å². The Balaban J connectivity index is 2.47. The molecule has 0 bridgehead atoms. The van der Waals surface area contributed by atoms with Gasteiger partial charge < -0.3 is 10.2 Å². The number of halogens is 2. The van der Waals surface area contributed by atoms with Crippen LogP contribution in [-0.2, 0) is 6.42 Å². The lowest BCUT2D eigenvalue weighted by Gasteiger charge is -2.13. The monoisotopic (exact) mass is 237 g/mol. The Labute approximate surface area is 98.0 Å². The highest BCUT2D eigenvalue weighted by atomic mass is 19.1. The Morgan fingerprint density at radius 1 is 1.24 bits per heavy atom. The van der Waals surface area contributed by atoms with Crippen molar-refractivity contribution in [3.63, 3.8) is 0 Å². The highest BCUT2D eigenvalue weighted by Gasteiger charge is 2.21. The van der Waals surface area contributed by atoms with Gasteiger partial charge in [0, 0.05) is 17.5 Å². The fraction of sp³-hybridized carbons (Fsp3) is 0.231. The van der Waals surface area contributed by atoms with Crippen molar-refractivity contribution in [2.75, 3.05) is 0 Å². The molecule has 0 spiro atoms. The largest absolute Gasteiger partial charge is 0.469 e. The zero-order valence-electron chi connectivity index (χ0n) is 9.41. The minimum atomic E-state index is -0.843. The first-order chi connectivity index (χ1) is 8.15. The molecular weight excluding hydrogens is 224 g/mol.